The van der Waals surface area contributed by atoms with Gasteiger partial charge in [0.05, 0.1) is 12.7 Å². The summed E-state index contributed by atoms with van der Waals surface area (Å²) in [5.74, 6) is 1.94. The highest BCUT2D eigenvalue weighted by molar-refractivity contribution is 5.43. The van der Waals surface area contributed by atoms with Gasteiger partial charge in [-0.05, 0) is 18.8 Å². The van der Waals surface area contributed by atoms with Gasteiger partial charge in [0.2, 0.25) is 0 Å². The van der Waals surface area contributed by atoms with Gasteiger partial charge < -0.3 is 10.3 Å². The first-order valence-corrected chi connectivity index (χ1v) is 5.78. The number of aromatic nitrogens is 5. The molecule has 1 aliphatic carbocycles. The lowest BCUT2D eigenvalue weighted by Gasteiger charge is -1.91. The third-order valence-electron chi connectivity index (χ3n) is 2.75. The minimum Gasteiger partial charge on any atom is -0.332 e. The molecule has 17 heavy (non-hydrogen) atoms. The van der Waals surface area contributed by atoms with Crippen LogP contribution in [0.1, 0.15) is 18.7 Å². The van der Waals surface area contributed by atoms with Gasteiger partial charge in [-0.1, -0.05) is 10.4 Å². The standard InChI is InChI=1S/C10H14N6O/c11-3-4-16-6-8(13-15-16)10-12-9(14-17-10)5-7-1-2-7/h6-7H,1-5,11H2. The average molecular weight is 234 g/mol. The molecule has 0 radical (unpaired) electrons. The second kappa shape index (κ2) is 4.25. The summed E-state index contributed by atoms with van der Waals surface area (Å²) in [6, 6.07) is 0. The van der Waals surface area contributed by atoms with E-state index in [4.69, 9.17) is 10.3 Å². The van der Waals surface area contributed by atoms with E-state index in [0.29, 0.717) is 24.7 Å². The monoisotopic (exact) mass is 234 g/mol. The third-order valence-corrected chi connectivity index (χ3v) is 2.75. The van der Waals surface area contributed by atoms with Gasteiger partial charge >= 0.3 is 0 Å². The summed E-state index contributed by atoms with van der Waals surface area (Å²) in [4.78, 5) is 4.31. The first-order valence-electron chi connectivity index (χ1n) is 5.78. The summed E-state index contributed by atoms with van der Waals surface area (Å²) in [7, 11) is 0. The van der Waals surface area contributed by atoms with Crippen molar-refractivity contribution in [1.82, 2.24) is 25.1 Å². The fourth-order valence-corrected chi connectivity index (χ4v) is 1.66. The Kier molecular flexibility index (Phi) is 2.60. The molecule has 0 aromatic carbocycles. The van der Waals surface area contributed by atoms with Crippen LogP contribution in [0.25, 0.3) is 11.6 Å². The van der Waals surface area contributed by atoms with Gasteiger partial charge in [0, 0.05) is 13.0 Å². The maximum atomic E-state index is 5.43. The molecule has 2 aromatic rings. The van der Waals surface area contributed by atoms with Crippen molar-refractivity contribution in [3.05, 3.63) is 12.0 Å². The quantitative estimate of drug-likeness (QED) is 0.796. The molecule has 1 fully saturated rings. The smallest absolute Gasteiger partial charge is 0.280 e. The van der Waals surface area contributed by atoms with Crippen molar-refractivity contribution in [2.75, 3.05) is 6.54 Å². The van der Waals surface area contributed by atoms with Gasteiger partial charge in [-0.2, -0.15) is 4.98 Å². The van der Waals surface area contributed by atoms with Crippen molar-refractivity contribution in [3.63, 3.8) is 0 Å². The SMILES string of the molecule is NCCn1cc(-c2nc(CC3CC3)no2)nn1. The summed E-state index contributed by atoms with van der Waals surface area (Å²) in [5.41, 5.74) is 6.04. The molecular weight excluding hydrogens is 220 g/mol. The van der Waals surface area contributed by atoms with Crippen LogP contribution in [0.5, 0.6) is 0 Å². The average Bonchev–Trinajstić information content (AvgIpc) is 2.82. The predicted molar refractivity (Wildman–Crippen MR) is 58.8 cm³/mol. The van der Waals surface area contributed by atoms with E-state index in [2.05, 4.69) is 20.5 Å². The lowest BCUT2D eigenvalue weighted by molar-refractivity contribution is 0.419. The van der Waals surface area contributed by atoms with Crippen molar-refractivity contribution >= 4 is 0 Å². The zero-order chi connectivity index (χ0) is 11.7. The van der Waals surface area contributed by atoms with Crippen molar-refractivity contribution in [1.29, 1.82) is 0 Å². The van der Waals surface area contributed by atoms with Crippen LogP contribution in [0.4, 0.5) is 0 Å². The van der Waals surface area contributed by atoms with E-state index in [-0.39, 0.29) is 0 Å². The Hall–Kier alpha value is -1.76. The molecule has 0 bridgehead atoms. The van der Waals surface area contributed by atoms with E-state index in [1.54, 1.807) is 10.9 Å². The zero-order valence-electron chi connectivity index (χ0n) is 9.41. The molecule has 0 unspecified atom stereocenters. The molecule has 1 aliphatic rings. The van der Waals surface area contributed by atoms with E-state index in [1.807, 2.05) is 0 Å². The highest BCUT2D eigenvalue weighted by Crippen LogP contribution is 2.32. The van der Waals surface area contributed by atoms with Gasteiger partial charge in [0.25, 0.3) is 5.89 Å². The van der Waals surface area contributed by atoms with Gasteiger partial charge in [0.15, 0.2) is 11.5 Å². The Labute approximate surface area is 98.0 Å². The molecular formula is C10H14N6O. The van der Waals surface area contributed by atoms with Crippen molar-refractivity contribution < 1.29 is 4.52 Å². The lowest BCUT2D eigenvalue weighted by atomic mass is 10.3. The molecule has 2 aromatic heterocycles. The van der Waals surface area contributed by atoms with Crippen LogP contribution >= 0.6 is 0 Å². The molecule has 2 heterocycles. The minimum atomic E-state index is 0.434. The Balaban J connectivity index is 1.74. The lowest BCUT2D eigenvalue weighted by Crippen LogP contribution is -2.10. The Morgan fingerprint density at radius 2 is 2.35 bits per heavy atom. The number of nitrogens with zero attached hydrogens (tertiary/aromatic N) is 5. The third kappa shape index (κ3) is 2.33. The molecule has 3 rings (SSSR count). The largest absolute Gasteiger partial charge is 0.332 e. The summed E-state index contributed by atoms with van der Waals surface area (Å²) >= 11 is 0. The molecule has 0 aliphatic heterocycles. The summed E-state index contributed by atoms with van der Waals surface area (Å²) in [6.07, 6.45) is 5.22. The molecule has 0 saturated heterocycles. The maximum Gasteiger partial charge on any atom is 0.280 e. The maximum absolute atomic E-state index is 5.43. The molecule has 2 N–H and O–H groups in total. The van der Waals surface area contributed by atoms with Gasteiger partial charge in [-0.15, -0.1) is 5.10 Å². The molecule has 7 nitrogen and oxygen atoms in total. The molecule has 0 atom stereocenters. The van der Waals surface area contributed by atoms with Crippen LogP contribution in [-0.4, -0.2) is 31.7 Å². The molecule has 7 heteroatoms. The Morgan fingerprint density at radius 3 is 3.12 bits per heavy atom. The summed E-state index contributed by atoms with van der Waals surface area (Å²) in [5, 5.41) is 11.8. The van der Waals surface area contributed by atoms with E-state index in [9.17, 15) is 0 Å². The van der Waals surface area contributed by atoms with Crippen molar-refractivity contribution in [2.45, 2.75) is 25.8 Å². The first-order chi connectivity index (χ1) is 8.35. The minimum absolute atomic E-state index is 0.434. The van der Waals surface area contributed by atoms with Gasteiger partial charge in [-0.25, -0.2) is 0 Å². The van der Waals surface area contributed by atoms with Crippen LogP contribution in [0.2, 0.25) is 0 Å². The van der Waals surface area contributed by atoms with Crippen LogP contribution in [0, 0.1) is 5.92 Å². The molecule has 0 amide bonds. The van der Waals surface area contributed by atoms with Crippen LogP contribution < -0.4 is 5.73 Å². The van der Waals surface area contributed by atoms with Crippen molar-refractivity contribution in [3.8, 4) is 11.6 Å². The number of hydrogen-bond acceptors (Lipinski definition) is 6. The van der Waals surface area contributed by atoms with E-state index in [1.165, 1.54) is 12.8 Å². The number of hydrogen-bond donors (Lipinski definition) is 1. The fourth-order valence-electron chi connectivity index (χ4n) is 1.66. The predicted octanol–water partition coefficient (Wildman–Crippen LogP) is 0.239. The first kappa shape index (κ1) is 10.4. The summed E-state index contributed by atoms with van der Waals surface area (Å²) < 4.78 is 6.83. The van der Waals surface area contributed by atoms with Crippen LogP contribution in [-0.2, 0) is 13.0 Å². The highest BCUT2D eigenvalue weighted by Gasteiger charge is 2.24. The van der Waals surface area contributed by atoms with E-state index in [0.717, 1.165) is 18.2 Å². The molecule has 0 spiro atoms. The van der Waals surface area contributed by atoms with E-state index >= 15 is 0 Å². The van der Waals surface area contributed by atoms with E-state index < -0.39 is 0 Å². The summed E-state index contributed by atoms with van der Waals surface area (Å²) in [6.45, 7) is 1.16. The Morgan fingerprint density at radius 1 is 1.47 bits per heavy atom. The normalized spacial score (nSPS) is 15.4. The molecule has 1 saturated carbocycles. The van der Waals surface area contributed by atoms with Crippen LogP contribution in [0.3, 0.4) is 0 Å². The topological polar surface area (TPSA) is 95.7 Å². The van der Waals surface area contributed by atoms with Crippen molar-refractivity contribution in [2.24, 2.45) is 11.7 Å². The number of nitrogens with two attached hydrogens (primary N) is 1. The zero-order valence-corrected chi connectivity index (χ0v) is 9.41. The highest BCUT2D eigenvalue weighted by atomic mass is 16.5. The second-order valence-corrected chi connectivity index (χ2v) is 4.32. The molecule has 90 valence electrons. The number of rotatable bonds is 5. The van der Waals surface area contributed by atoms with Gasteiger partial charge in [0.1, 0.15) is 0 Å². The van der Waals surface area contributed by atoms with Gasteiger partial charge in [-0.3, -0.25) is 4.68 Å². The second-order valence-electron chi connectivity index (χ2n) is 4.32. The van der Waals surface area contributed by atoms with Crippen LogP contribution in [0.15, 0.2) is 10.7 Å². The Bertz CT molecular complexity index is 500. The fraction of sp³-hybridized carbons (Fsp3) is 0.600.